The van der Waals surface area contributed by atoms with Gasteiger partial charge in [0.25, 0.3) is 0 Å². The first-order valence-electron chi connectivity index (χ1n) is 11.8. The van der Waals surface area contributed by atoms with Gasteiger partial charge in [0.15, 0.2) is 0 Å². The number of nitrogens with zero attached hydrogens (tertiary/aromatic N) is 5. The van der Waals surface area contributed by atoms with Gasteiger partial charge in [0.2, 0.25) is 0 Å². The molecule has 1 unspecified atom stereocenters. The van der Waals surface area contributed by atoms with Gasteiger partial charge in [-0.25, -0.2) is 14.3 Å². The molecule has 0 saturated carbocycles. The van der Waals surface area contributed by atoms with E-state index in [1.807, 2.05) is 12.1 Å². The Bertz CT molecular complexity index is 1470. The molecule has 0 spiro atoms. The van der Waals surface area contributed by atoms with Crippen molar-refractivity contribution in [3.8, 4) is 5.69 Å². The third-order valence-electron chi connectivity index (χ3n) is 6.18. The molecule has 1 atom stereocenters. The zero-order valence-corrected chi connectivity index (χ0v) is 22.0. The number of aromatic nitrogens is 3. The molecule has 37 heavy (non-hydrogen) atoms. The molecule has 5 rings (SSSR count). The maximum absolute atomic E-state index is 12.9. The van der Waals surface area contributed by atoms with Crippen molar-refractivity contribution in [2.75, 3.05) is 56.3 Å². The second-order valence-electron chi connectivity index (χ2n) is 9.14. The Hall–Kier alpha value is -3.37. The largest absolute Gasteiger partial charge is 0.384 e. The van der Waals surface area contributed by atoms with Crippen molar-refractivity contribution < 1.29 is 4.74 Å². The normalized spacial score (nSPS) is 15.9. The summed E-state index contributed by atoms with van der Waals surface area (Å²) in [4.78, 5) is 26.1. The number of nitrogens with one attached hydrogen (secondary N) is 1. The van der Waals surface area contributed by atoms with Crippen molar-refractivity contribution in [2.24, 2.45) is 0 Å². The topological polar surface area (TPSA) is 102 Å². The zero-order valence-electron chi connectivity index (χ0n) is 20.5. The molecule has 1 fully saturated rings. The minimum absolute atomic E-state index is 0.159. The number of hydrogen-bond acceptors (Lipinski definition) is 8. The molecular formula is C26H27Cl2N7O2. The second kappa shape index (κ2) is 10.5. The van der Waals surface area contributed by atoms with Gasteiger partial charge in [-0.3, -0.25) is 0 Å². The van der Waals surface area contributed by atoms with E-state index >= 15 is 0 Å². The molecule has 11 heteroatoms. The smallest absolute Gasteiger partial charge is 0.354 e. The molecule has 3 N–H and O–H groups in total. The molecule has 2 aromatic heterocycles. The van der Waals surface area contributed by atoms with Gasteiger partial charge in [-0.05, 0) is 50.5 Å². The van der Waals surface area contributed by atoms with Gasteiger partial charge in [-0.15, -0.1) is 0 Å². The molecule has 9 nitrogen and oxygen atoms in total. The molecule has 4 aromatic rings. The van der Waals surface area contributed by atoms with Gasteiger partial charge in [0.05, 0.1) is 39.3 Å². The molecule has 1 aliphatic heterocycles. The van der Waals surface area contributed by atoms with Crippen LogP contribution in [0, 0.1) is 0 Å². The number of morpholine rings is 1. The van der Waals surface area contributed by atoms with E-state index in [-0.39, 0.29) is 11.9 Å². The summed E-state index contributed by atoms with van der Waals surface area (Å²) in [5.41, 5.74) is 8.46. The highest BCUT2D eigenvalue weighted by Gasteiger charge is 2.21. The Morgan fingerprint density at radius 3 is 2.59 bits per heavy atom. The van der Waals surface area contributed by atoms with E-state index in [2.05, 4.69) is 51.3 Å². The van der Waals surface area contributed by atoms with Crippen LogP contribution in [0.4, 0.5) is 23.0 Å². The predicted molar refractivity (Wildman–Crippen MR) is 150 cm³/mol. The van der Waals surface area contributed by atoms with Crippen molar-refractivity contribution >= 4 is 57.1 Å². The SMILES string of the molecule is CN(C)CC1CN(c2ccc(Nc3cc4nc(=O)n(-c5c(Cl)cccc5Cl)c(N)c4cn3)cc2)CCO1. The van der Waals surface area contributed by atoms with E-state index in [1.165, 1.54) is 4.57 Å². The fourth-order valence-electron chi connectivity index (χ4n) is 4.47. The van der Waals surface area contributed by atoms with Crippen LogP contribution in [-0.2, 0) is 4.74 Å². The van der Waals surface area contributed by atoms with Crippen molar-refractivity contribution in [2.45, 2.75) is 6.10 Å². The molecule has 192 valence electrons. The Kier molecular flexibility index (Phi) is 7.21. The van der Waals surface area contributed by atoms with Crippen LogP contribution in [0.2, 0.25) is 10.0 Å². The molecule has 0 bridgehead atoms. The number of para-hydroxylation sites is 1. The number of halogens is 2. The van der Waals surface area contributed by atoms with Gasteiger partial charge in [-0.2, -0.15) is 4.98 Å². The number of anilines is 4. The van der Waals surface area contributed by atoms with E-state index in [1.54, 1.807) is 30.5 Å². The first-order chi connectivity index (χ1) is 17.8. The number of fused-ring (bicyclic) bond motifs is 1. The molecule has 0 aliphatic carbocycles. The number of hydrogen-bond donors (Lipinski definition) is 2. The first-order valence-corrected chi connectivity index (χ1v) is 12.6. The van der Waals surface area contributed by atoms with E-state index in [0.29, 0.717) is 39.1 Å². The van der Waals surface area contributed by atoms with Crippen molar-refractivity contribution in [3.05, 3.63) is 75.3 Å². The lowest BCUT2D eigenvalue weighted by molar-refractivity contribution is 0.0248. The van der Waals surface area contributed by atoms with E-state index in [4.69, 9.17) is 33.7 Å². The maximum atomic E-state index is 12.9. The first kappa shape index (κ1) is 25.3. The maximum Gasteiger partial charge on any atom is 0.354 e. The molecule has 1 aliphatic rings. The van der Waals surface area contributed by atoms with Crippen molar-refractivity contribution in [3.63, 3.8) is 0 Å². The Balaban J connectivity index is 1.37. The van der Waals surface area contributed by atoms with Crippen LogP contribution in [0.3, 0.4) is 0 Å². The summed E-state index contributed by atoms with van der Waals surface area (Å²) in [5.74, 6) is 0.698. The monoisotopic (exact) mass is 539 g/mol. The lowest BCUT2D eigenvalue weighted by atomic mass is 10.2. The average molecular weight is 540 g/mol. The number of nitrogen functional groups attached to an aromatic ring is 1. The minimum Gasteiger partial charge on any atom is -0.384 e. The molecule has 3 heterocycles. The van der Waals surface area contributed by atoms with Gasteiger partial charge in [0, 0.05) is 43.3 Å². The number of rotatable bonds is 6. The van der Waals surface area contributed by atoms with Crippen LogP contribution >= 0.6 is 23.2 Å². The summed E-state index contributed by atoms with van der Waals surface area (Å²) in [6.45, 7) is 3.30. The lowest BCUT2D eigenvalue weighted by Gasteiger charge is -2.35. The highest BCUT2D eigenvalue weighted by molar-refractivity contribution is 6.37. The number of nitrogens with two attached hydrogens (primary N) is 1. The summed E-state index contributed by atoms with van der Waals surface area (Å²) in [7, 11) is 4.11. The van der Waals surface area contributed by atoms with Crippen LogP contribution in [0.5, 0.6) is 0 Å². The molecule has 2 aromatic carbocycles. The molecule has 1 saturated heterocycles. The second-order valence-corrected chi connectivity index (χ2v) is 9.96. The molecular weight excluding hydrogens is 513 g/mol. The summed E-state index contributed by atoms with van der Waals surface area (Å²) in [6.07, 6.45) is 1.76. The highest BCUT2D eigenvalue weighted by Crippen LogP contribution is 2.31. The van der Waals surface area contributed by atoms with Gasteiger partial charge < -0.3 is 25.6 Å². The Labute approximate surface area is 224 Å². The third kappa shape index (κ3) is 5.35. The lowest BCUT2D eigenvalue weighted by Crippen LogP contribution is -2.46. The minimum atomic E-state index is -0.584. The van der Waals surface area contributed by atoms with Crippen LogP contribution < -0.4 is 21.6 Å². The fraction of sp³-hybridized carbons (Fsp3) is 0.269. The summed E-state index contributed by atoms with van der Waals surface area (Å²) in [5, 5.41) is 4.37. The van der Waals surface area contributed by atoms with Crippen LogP contribution in [0.15, 0.2) is 59.5 Å². The van der Waals surface area contributed by atoms with Gasteiger partial charge >= 0.3 is 5.69 Å². The van der Waals surface area contributed by atoms with Crippen LogP contribution in [0.25, 0.3) is 16.6 Å². The van der Waals surface area contributed by atoms with E-state index in [0.717, 1.165) is 31.0 Å². The van der Waals surface area contributed by atoms with Crippen molar-refractivity contribution in [1.82, 2.24) is 19.4 Å². The van der Waals surface area contributed by atoms with Crippen LogP contribution in [-0.4, -0.2) is 65.9 Å². The Morgan fingerprint density at radius 1 is 1.16 bits per heavy atom. The number of pyridine rings is 1. The van der Waals surface area contributed by atoms with Gasteiger partial charge in [0.1, 0.15) is 11.6 Å². The zero-order chi connectivity index (χ0) is 26.1. The standard InChI is InChI=1S/C26H27Cl2N7O2/c1-33(2)14-18-15-34(10-11-37-18)17-8-6-16(7-9-17)31-23-12-22-19(13-30-23)25(29)35(26(36)32-22)24-20(27)4-3-5-21(24)28/h3-9,12-13,18,31H,10-11,14-15,29H2,1-2H3. The summed E-state index contributed by atoms with van der Waals surface area (Å²) >= 11 is 12.6. The summed E-state index contributed by atoms with van der Waals surface area (Å²) in [6, 6.07) is 14.8. The van der Waals surface area contributed by atoms with Crippen LogP contribution in [0.1, 0.15) is 0 Å². The highest BCUT2D eigenvalue weighted by atomic mass is 35.5. The predicted octanol–water partition coefficient (Wildman–Crippen LogP) is 4.18. The molecule has 0 radical (unpaired) electrons. The van der Waals surface area contributed by atoms with Crippen molar-refractivity contribution in [1.29, 1.82) is 0 Å². The summed E-state index contributed by atoms with van der Waals surface area (Å²) < 4.78 is 7.09. The quantitative estimate of drug-likeness (QED) is 0.376. The Morgan fingerprint density at radius 2 is 1.89 bits per heavy atom. The fourth-order valence-corrected chi connectivity index (χ4v) is 5.04. The number of benzene rings is 2. The van der Waals surface area contributed by atoms with E-state index < -0.39 is 5.69 Å². The number of likely N-dealkylation sites (N-methyl/N-ethyl adjacent to an activating group) is 1. The van der Waals surface area contributed by atoms with Gasteiger partial charge in [-0.1, -0.05) is 29.3 Å². The average Bonchev–Trinajstić information content (AvgIpc) is 2.86. The number of ether oxygens (including phenoxy) is 1. The molecule has 0 amide bonds. The third-order valence-corrected chi connectivity index (χ3v) is 6.79. The van der Waals surface area contributed by atoms with E-state index in [9.17, 15) is 4.79 Å².